The highest BCUT2D eigenvalue weighted by Crippen LogP contribution is 2.22. The number of hydrogen-bond donors (Lipinski definition) is 1. The van der Waals surface area contributed by atoms with Crippen LogP contribution in [-0.4, -0.2) is 44.6 Å². The van der Waals surface area contributed by atoms with Crippen LogP contribution in [0.15, 0.2) is 53.3 Å². The second-order valence-corrected chi connectivity index (χ2v) is 8.82. The lowest BCUT2D eigenvalue weighted by Gasteiger charge is -2.25. The van der Waals surface area contributed by atoms with Crippen LogP contribution in [0.25, 0.3) is 5.69 Å². The molecule has 1 unspecified atom stereocenters. The van der Waals surface area contributed by atoms with Crippen molar-refractivity contribution < 1.29 is 18.4 Å². The Bertz CT molecular complexity index is 1260. The van der Waals surface area contributed by atoms with Gasteiger partial charge in [-0.05, 0) is 43.7 Å². The number of aromatic nitrogens is 2. The highest BCUT2D eigenvalue weighted by molar-refractivity contribution is 8.00. The van der Waals surface area contributed by atoms with Gasteiger partial charge >= 0.3 is 0 Å². The molecule has 10 heteroatoms. The minimum Gasteiger partial charge on any atom is -0.338 e. The SMILES string of the molecule is Cc1c(NC(=O)CSCC(=O)N(C)C(C)c2ccc(F)c(F)c2)c(=O)n(-c2ccccc2)n1C. The zero-order valence-corrected chi connectivity index (χ0v) is 20.2. The fraction of sp³-hybridized carbons (Fsp3) is 0.292. The Hall–Kier alpha value is -3.40. The second-order valence-electron chi connectivity index (χ2n) is 7.83. The van der Waals surface area contributed by atoms with Gasteiger partial charge in [-0.25, -0.2) is 13.5 Å². The predicted octanol–water partition coefficient (Wildman–Crippen LogP) is 3.65. The Morgan fingerprint density at radius 3 is 2.41 bits per heavy atom. The summed E-state index contributed by atoms with van der Waals surface area (Å²) >= 11 is 1.10. The number of hydrogen-bond acceptors (Lipinski definition) is 4. The highest BCUT2D eigenvalue weighted by atomic mass is 32.2. The van der Waals surface area contributed by atoms with E-state index in [4.69, 9.17) is 0 Å². The number of carbonyl (C=O) groups is 2. The summed E-state index contributed by atoms with van der Waals surface area (Å²) in [5, 5.41) is 2.66. The van der Waals surface area contributed by atoms with Crippen LogP contribution in [0.3, 0.4) is 0 Å². The van der Waals surface area contributed by atoms with E-state index in [-0.39, 0.29) is 28.7 Å². The average Bonchev–Trinajstić information content (AvgIpc) is 3.03. The van der Waals surface area contributed by atoms with Crippen molar-refractivity contribution in [2.24, 2.45) is 7.05 Å². The van der Waals surface area contributed by atoms with E-state index in [1.54, 1.807) is 44.8 Å². The van der Waals surface area contributed by atoms with Crippen LogP contribution < -0.4 is 10.9 Å². The summed E-state index contributed by atoms with van der Waals surface area (Å²) in [5.41, 5.74) is 1.58. The van der Waals surface area contributed by atoms with E-state index < -0.39 is 23.6 Å². The Morgan fingerprint density at radius 1 is 1.09 bits per heavy atom. The van der Waals surface area contributed by atoms with Crippen LogP contribution in [0.1, 0.15) is 24.2 Å². The molecule has 0 aliphatic heterocycles. The molecule has 0 aliphatic rings. The van der Waals surface area contributed by atoms with E-state index in [1.807, 2.05) is 18.2 Å². The van der Waals surface area contributed by atoms with Gasteiger partial charge in [-0.15, -0.1) is 11.8 Å². The van der Waals surface area contributed by atoms with E-state index in [9.17, 15) is 23.2 Å². The number of rotatable bonds is 8. The first kappa shape index (κ1) is 25.2. The molecule has 0 aliphatic carbocycles. The number of benzene rings is 2. The van der Waals surface area contributed by atoms with Crippen LogP contribution in [0.5, 0.6) is 0 Å². The minimum atomic E-state index is -0.973. The molecule has 1 atom stereocenters. The fourth-order valence-corrected chi connectivity index (χ4v) is 4.17. The van der Waals surface area contributed by atoms with E-state index in [2.05, 4.69) is 5.32 Å². The van der Waals surface area contributed by atoms with Crippen LogP contribution in [-0.2, 0) is 16.6 Å². The van der Waals surface area contributed by atoms with Crippen LogP contribution in [0.4, 0.5) is 14.5 Å². The standard InChI is InChI=1S/C24H26F2N4O3S/c1-15(17-10-11-19(25)20(26)12-17)28(3)22(32)14-34-13-21(31)27-23-16(2)29(4)30(24(23)33)18-8-6-5-7-9-18/h5-12,15H,13-14H2,1-4H3,(H,27,31). The molecule has 34 heavy (non-hydrogen) atoms. The van der Waals surface area contributed by atoms with Gasteiger partial charge in [-0.2, -0.15) is 0 Å². The Morgan fingerprint density at radius 2 is 1.76 bits per heavy atom. The summed E-state index contributed by atoms with van der Waals surface area (Å²) in [5.74, 6) is -2.61. The zero-order valence-electron chi connectivity index (χ0n) is 19.3. The van der Waals surface area contributed by atoms with E-state index >= 15 is 0 Å². The van der Waals surface area contributed by atoms with Crippen molar-refractivity contribution in [2.45, 2.75) is 19.9 Å². The third-order valence-corrected chi connectivity index (χ3v) is 6.60. The molecular formula is C24H26F2N4O3S. The molecule has 1 aromatic heterocycles. The van der Waals surface area contributed by atoms with E-state index in [0.29, 0.717) is 16.9 Å². The first-order chi connectivity index (χ1) is 16.1. The maximum atomic E-state index is 13.5. The second kappa shape index (κ2) is 10.7. The fourth-order valence-electron chi connectivity index (χ4n) is 3.43. The number of nitrogens with zero attached hydrogens (tertiary/aromatic N) is 3. The molecule has 0 spiro atoms. The molecule has 0 saturated carbocycles. The molecule has 1 heterocycles. The van der Waals surface area contributed by atoms with Crippen molar-refractivity contribution >= 4 is 29.3 Å². The lowest BCUT2D eigenvalue weighted by atomic mass is 10.1. The first-order valence-electron chi connectivity index (χ1n) is 10.5. The third-order valence-electron chi connectivity index (χ3n) is 5.68. The summed E-state index contributed by atoms with van der Waals surface area (Å²) < 4.78 is 29.8. The molecule has 3 aromatic rings. The summed E-state index contributed by atoms with van der Waals surface area (Å²) in [6.07, 6.45) is 0. The maximum Gasteiger partial charge on any atom is 0.295 e. The first-order valence-corrected chi connectivity index (χ1v) is 11.7. The van der Waals surface area contributed by atoms with Gasteiger partial charge in [0.15, 0.2) is 11.6 Å². The lowest BCUT2D eigenvalue weighted by molar-refractivity contribution is -0.128. The van der Waals surface area contributed by atoms with Gasteiger partial charge in [0.25, 0.3) is 5.56 Å². The van der Waals surface area contributed by atoms with Gasteiger partial charge in [-0.1, -0.05) is 24.3 Å². The van der Waals surface area contributed by atoms with Crippen LogP contribution in [0.2, 0.25) is 0 Å². The average molecular weight is 489 g/mol. The minimum absolute atomic E-state index is 0.0138. The largest absolute Gasteiger partial charge is 0.338 e. The van der Waals surface area contributed by atoms with Crippen molar-refractivity contribution in [3.8, 4) is 5.69 Å². The van der Waals surface area contributed by atoms with Crippen molar-refractivity contribution in [3.63, 3.8) is 0 Å². The molecular weight excluding hydrogens is 462 g/mol. The van der Waals surface area contributed by atoms with Gasteiger partial charge in [-0.3, -0.25) is 19.1 Å². The third kappa shape index (κ3) is 5.39. The number of anilines is 1. The monoisotopic (exact) mass is 488 g/mol. The Labute approximate surface area is 200 Å². The molecule has 1 N–H and O–H groups in total. The smallest absolute Gasteiger partial charge is 0.295 e. The summed E-state index contributed by atoms with van der Waals surface area (Å²) in [4.78, 5) is 39.3. The Balaban J connectivity index is 1.58. The van der Waals surface area contributed by atoms with Crippen LogP contribution >= 0.6 is 11.8 Å². The topological polar surface area (TPSA) is 76.3 Å². The van der Waals surface area contributed by atoms with Gasteiger partial charge < -0.3 is 10.2 Å². The van der Waals surface area contributed by atoms with Crippen LogP contribution in [0, 0.1) is 18.6 Å². The number of halogens is 2. The molecule has 0 saturated heterocycles. The van der Waals surface area contributed by atoms with E-state index in [0.717, 1.165) is 23.9 Å². The highest BCUT2D eigenvalue weighted by Gasteiger charge is 2.21. The number of amides is 2. The van der Waals surface area contributed by atoms with Crippen molar-refractivity contribution in [2.75, 3.05) is 23.9 Å². The van der Waals surface area contributed by atoms with E-state index in [1.165, 1.54) is 15.6 Å². The van der Waals surface area contributed by atoms with Gasteiger partial charge in [0, 0.05) is 14.1 Å². The molecule has 7 nitrogen and oxygen atoms in total. The Kier molecular flexibility index (Phi) is 7.93. The molecule has 3 rings (SSSR count). The van der Waals surface area contributed by atoms with Gasteiger partial charge in [0.2, 0.25) is 11.8 Å². The number of para-hydroxylation sites is 1. The maximum absolute atomic E-state index is 13.5. The summed E-state index contributed by atoms with van der Waals surface area (Å²) in [6.45, 7) is 3.44. The molecule has 0 fully saturated rings. The molecule has 180 valence electrons. The van der Waals surface area contributed by atoms with Crippen molar-refractivity contribution in [3.05, 3.63) is 81.8 Å². The van der Waals surface area contributed by atoms with Crippen molar-refractivity contribution in [1.82, 2.24) is 14.3 Å². The predicted molar refractivity (Wildman–Crippen MR) is 129 cm³/mol. The quantitative estimate of drug-likeness (QED) is 0.525. The molecule has 2 aromatic carbocycles. The van der Waals surface area contributed by atoms with Crippen molar-refractivity contribution in [1.29, 1.82) is 0 Å². The number of thioether (sulfide) groups is 1. The molecule has 2 amide bonds. The normalized spacial score (nSPS) is 11.8. The number of carbonyl (C=O) groups excluding carboxylic acids is 2. The van der Waals surface area contributed by atoms with Gasteiger partial charge in [0.05, 0.1) is 28.9 Å². The van der Waals surface area contributed by atoms with Gasteiger partial charge in [0.1, 0.15) is 5.69 Å². The lowest BCUT2D eigenvalue weighted by Crippen LogP contribution is -2.31. The summed E-state index contributed by atoms with van der Waals surface area (Å²) in [7, 11) is 3.30. The molecule has 0 bridgehead atoms. The summed E-state index contributed by atoms with van der Waals surface area (Å²) in [6, 6.07) is 12.1. The zero-order chi connectivity index (χ0) is 25.0. The molecule has 0 radical (unpaired) electrons. The number of nitrogens with one attached hydrogen (secondary N) is 1.